The molecule has 1 atom stereocenters. The van der Waals surface area contributed by atoms with Crippen molar-refractivity contribution in [3.05, 3.63) is 88.6 Å². The number of anilines is 1. The van der Waals surface area contributed by atoms with E-state index in [1.807, 2.05) is 41.3 Å². The van der Waals surface area contributed by atoms with Crippen LogP contribution in [0.15, 0.2) is 60.8 Å². The number of nitrogen functional groups attached to an aromatic ring is 1. The monoisotopic (exact) mass is 359 g/mol. The first-order valence-electron chi connectivity index (χ1n) is 8.84. The highest BCUT2D eigenvalue weighted by atomic mass is 16.5. The Labute approximate surface area is 158 Å². The minimum Gasteiger partial charge on any atom is -0.497 e. The van der Waals surface area contributed by atoms with Gasteiger partial charge in [-0.15, -0.1) is 0 Å². The number of fused-ring (bicyclic) bond motifs is 1. The molecule has 1 unspecified atom stereocenters. The van der Waals surface area contributed by atoms with Crippen LogP contribution in [0.25, 0.3) is 0 Å². The summed E-state index contributed by atoms with van der Waals surface area (Å²) in [5.74, 6) is 1.17. The summed E-state index contributed by atoms with van der Waals surface area (Å²) in [7, 11) is 1.64. The van der Waals surface area contributed by atoms with Crippen molar-refractivity contribution in [2.45, 2.75) is 19.5 Å². The van der Waals surface area contributed by atoms with E-state index in [1.165, 1.54) is 0 Å². The summed E-state index contributed by atoms with van der Waals surface area (Å²) in [6, 6.07) is 17.4. The molecule has 5 heteroatoms. The molecule has 3 aromatic rings. The third-order valence-electron chi connectivity index (χ3n) is 5.09. The number of rotatable bonds is 4. The number of methoxy groups -OCH3 is 1. The molecule has 0 spiro atoms. The first-order chi connectivity index (χ1) is 13.1. The zero-order valence-electron chi connectivity index (χ0n) is 15.3. The van der Waals surface area contributed by atoms with E-state index in [4.69, 9.17) is 10.5 Å². The van der Waals surface area contributed by atoms with Crippen molar-refractivity contribution in [3.8, 4) is 5.75 Å². The smallest absolute Gasteiger partial charge is 0.255 e. The molecule has 1 aliphatic heterocycles. The Morgan fingerprint density at radius 3 is 2.56 bits per heavy atom. The standard InChI is InChI=1S/C22H21N3O2/c1-14-5-3-4-6-17(14)20-19-18(11-12-24-21(19)23)22(26)25(20)13-15-7-9-16(27-2)10-8-15/h3-12,20H,13H2,1-2H3,(H2,23,24). The van der Waals surface area contributed by atoms with Gasteiger partial charge in [0, 0.05) is 18.3 Å². The normalized spacial score (nSPS) is 15.7. The molecule has 0 bridgehead atoms. The van der Waals surface area contributed by atoms with Crippen LogP contribution in [0, 0.1) is 6.92 Å². The molecule has 0 aliphatic carbocycles. The lowest BCUT2D eigenvalue weighted by Crippen LogP contribution is -2.28. The summed E-state index contributed by atoms with van der Waals surface area (Å²) in [5, 5.41) is 0. The summed E-state index contributed by atoms with van der Waals surface area (Å²) < 4.78 is 5.23. The molecule has 0 saturated carbocycles. The Kier molecular flexibility index (Phi) is 4.28. The summed E-state index contributed by atoms with van der Waals surface area (Å²) in [5.41, 5.74) is 10.8. The van der Waals surface area contributed by atoms with Crippen LogP contribution >= 0.6 is 0 Å². The molecule has 136 valence electrons. The third kappa shape index (κ3) is 2.91. The van der Waals surface area contributed by atoms with Crippen LogP contribution in [0.1, 0.15) is 38.7 Å². The maximum Gasteiger partial charge on any atom is 0.255 e. The topological polar surface area (TPSA) is 68.5 Å². The second-order valence-electron chi connectivity index (χ2n) is 6.70. The highest BCUT2D eigenvalue weighted by molar-refractivity contribution is 6.01. The van der Waals surface area contributed by atoms with Crippen LogP contribution in [-0.4, -0.2) is 22.9 Å². The molecule has 27 heavy (non-hydrogen) atoms. The zero-order valence-corrected chi connectivity index (χ0v) is 15.3. The third-order valence-corrected chi connectivity index (χ3v) is 5.09. The van der Waals surface area contributed by atoms with Gasteiger partial charge in [0.2, 0.25) is 0 Å². The van der Waals surface area contributed by atoms with Gasteiger partial charge in [0.15, 0.2) is 0 Å². The van der Waals surface area contributed by atoms with Gasteiger partial charge in [0.1, 0.15) is 11.6 Å². The number of nitrogens with zero attached hydrogens (tertiary/aromatic N) is 2. The fourth-order valence-corrected chi connectivity index (χ4v) is 3.70. The molecular formula is C22H21N3O2. The van der Waals surface area contributed by atoms with Gasteiger partial charge in [-0.3, -0.25) is 4.79 Å². The lowest BCUT2D eigenvalue weighted by Gasteiger charge is -2.27. The number of hydrogen-bond donors (Lipinski definition) is 1. The minimum absolute atomic E-state index is 0.0248. The average molecular weight is 359 g/mol. The van der Waals surface area contributed by atoms with E-state index in [-0.39, 0.29) is 11.9 Å². The number of hydrogen-bond acceptors (Lipinski definition) is 4. The predicted molar refractivity (Wildman–Crippen MR) is 105 cm³/mol. The number of carbonyl (C=O) groups excluding carboxylic acids is 1. The molecular weight excluding hydrogens is 338 g/mol. The van der Waals surface area contributed by atoms with Gasteiger partial charge < -0.3 is 15.4 Å². The molecule has 2 heterocycles. The van der Waals surface area contributed by atoms with E-state index in [0.717, 1.165) is 28.0 Å². The number of ether oxygens (including phenoxy) is 1. The Hall–Kier alpha value is -3.34. The van der Waals surface area contributed by atoms with Crippen LogP contribution in [0.2, 0.25) is 0 Å². The van der Waals surface area contributed by atoms with Crippen molar-refractivity contribution in [2.24, 2.45) is 0 Å². The molecule has 2 N–H and O–H groups in total. The van der Waals surface area contributed by atoms with Crippen molar-refractivity contribution in [3.63, 3.8) is 0 Å². The number of amides is 1. The Morgan fingerprint density at radius 1 is 1.11 bits per heavy atom. The molecule has 0 radical (unpaired) electrons. The molecule has 0 saturated heterocycles. The van der Waals surface area contributed by atoms with E-state index in [0.29, 0.717) is 17.9 Å². The van der Waals surface area contributed by atoms with Crippen molar-refractivity contribution in [2.75, 3.05) is 12.8 Å². The SMILES string of the molecule is COc1ccc(CN2C(=O)c3ccnc(N)c3C2c2ccccc2C)cc1. The molecule has 1 aliphatic rings. The van der Waals surface area contributed by atoms with E-state index in [9.17, 15) is 4.79 Å². The highest BCUT2D eigenvalue weighted by Gasteiger charge is 2.40. The van der Waals surface area contributed by atoms with Crippen molar-refractivity contribution in [1.29, 1.82) is 0 Å². The van der Waals surface area contributed by atoms with Gasteiger partial charge in [-0.1, -0.05) is 36.4 Å². The largest absolute Gasteiger partial charge is 0.497 e. The van der Waals surface area contributed by atoms with Crippen LogP contribution in [0.3, 0.4) is 0 Å². The van der Waals surface area contributed by atoms with E-state index in [2.05, 4.69) is 24.0 Å². The lowest BCUT2D eigenvalue weighted by molar-refractivity contribution is 0.0736. The predicted octanol–water partition coefficient (Wildman–Crippen LogP) is 3.73. The minimum atomic E-state index is -0.246. The maximum atomic E-state index is 13.2. The van der Waals surface area contributed by atoms with Crippen molar-refractivity contribution >= 4 is 11.7 Å². The Bertz CT molecular complexity index is 999. The fourth-order valence-electron chi connectivity index (χ4n) is 3.70. The van der Waals surface area contributed by atoms with Crippen LogP contribution in [0.5, 0.6) is 5.75 Å². The van der Waals surface area contributed by atoms with Crippen LogP contribution in [0.4, 0.5) is 5.82 Å². The van der Waals surface area contributed by atoms with Gasteiger partial charge in [0.05, 0.1) is 18.7 Å². The second-order valence-corrected chi connectivity index (χ2v) is 6.70. The van der Waals surface area contributed by atoms with Crippen molar-refractivity contribution < 1.29 is 9.53 Å². The molecule has 1 amide bonds. The van der Waals surface area contributed by atoms with Gasteiger partial charge in [-0.05, 0) is 41.8 Å². The van der Waals surface area contributed by atoms with Gasteiger partial charge in [0.25, 0.3) is 5.91 Å². The fraction of sp³-hybridized carbons (Fsp3) is 0.182. The van der Waals surface area contributed by atoms with Crippen LogP contribution in [-0.2, 0) is 6.54 Å². The highest BCUT2D eigenvalue weighted by Crippen LogP contribution is 2.42. The molecule has 1 aromatic heterocycles. The van der Waals surface area contributed by atoms with Crippen molar-refractivity contribution in [1.82, 2.24) is 9.88 Å². The van der Waals surface area contributed by atoms with E-state index >= 15 is 0 Å². The Balaban J connectivity index is 1.80. The quantitative estimate of drug-likeness (QED) is 0.771. The molecule has 0 fully saturated rings. The first kappa shape index (κ1) is 17.1. The van der Waals surface area contributed by atoms with Crippen LogP contribution < -0.4 is 10.5 Å². The van der Waals surface area contributed by atoms with Gasteiger partial charge >= 0.3 is 0 Å². The number of pyridine rings is 1. The zero-order chi connectivity index (χ0) is 19.0. The Morgan fingerprint density at radius 2 is 1.85 bits per heavy atom. The molecule has 2 aromatic carbocycles. The lowest BCUT2D eigenvalue weighted by atomic mass is 9.95. The van der Waals surface area contributed by atoms with Gasteiger partial charge in [-0.25, -0.2) is 4.98 Å². The number of aryl methyl sites for hydroxylation is 1. The summed E-state index contributed by atoms with van der Waals surface area (Å²) in [6.45, 7) is 2.53. The summed E-state index contributed by atoms with van der Waals surface area (Å²) >= 11 is 0. The summed E-state index contributed by atoms with van der Waals surface area (Å²) in [6.07, 6.45) is 1.60. The van der Waals surface area contributed by atoms with E-state index < -0.39 is 0 Å². The van der Waals surface area contributed by atoms with Gasteiger partial charge in [-0.2, -0.15) is 0 Å². The second kappa shape index (κ2) is 6.76. The average Bonchev–Trinajstić information content (AvgIpc) is 2.96. The first-order valence-corrected chi connectivity index (χ1v) is 8.84. The number of carbonyl (C=O) groups is 1. The maximum absolute atomic E-state index is 13.2. The number of benzene rings is 2. The number of nitrogens with two attached hydrogens (primary N) is 1. The molecule has 4 rings (SSSR count). The van der Waals surface area contributed by atoms with E-state index in [1.54, 1.807) is 19.4 Å². The number of aromatic nitrogens is 1. The summed E-state index contributed by atoms with van der Waals surface area (Å²) in [4.78, 5) is 19.3. The molecule has 5 nitrogen and oxygen atoms in total.